The van der Waals surface area contributed by atoms with Crippen LogP contribution in [0.5, 0.6) is 11.8 Å². The number of carbonyl (C=O) groups excluding carboxylic acids is 1. The number of halogens is 2. The summed E-state index contributed by atoms with van der Waals surface area (Å²) < 4.78 is 18.8. The van der Waals surface area contributed by atoms with Crippen LogP contribution in [0.4, 0.5) is 0 Å². The summed E-state index contributed by atoms with van der Waals surface area (Å²) >= 11 is 14.5. The minimum absolute atomic E-state index is 0.257. The van der Waals surface area contributed by atoms with Gasteiger partial charge in [-0.25, -0.2) is 9.97 Å². The maximum absolute atomic E-state index is 10.3. The second-order valence-electron chi connectivity index (χ2n) is 5.39. The molecule has 0 fully saturated rings. The SMILES string of the molecule is COc1nc(Cl)ccc1C1=NCCN1.COc1nc(Cl)ccc1C=O.NCCN.[2H]CC.[B]=NS. The van der Waals surface area contributed by atoms with Crippen molar-refractivity contribution in [2.24, 2.45) is 20.8 Å². The average molecular weight is 532 g/mol. The zero-order chi connectivity index (χ0) is 27.1. The zero-order valence-corrected chi connectivity index (χ0v) is 21.8. The monoisotopic (exact) mass is 531 g/mol. The van der Waals surface area contributed by atoms with E-state index in [4.69, 9.17) is 45.5 Å². The number of hydrogen-bond acceptors (Lipinski definition) is 11. The summed E-state index contributed by atoms with van der Waals surface area (Å²) in [5, 5.41) is 3.89. The van der Waals surface area contributed by atoms with Gasteiger partial charge >= 0.3 is 24.8 Å². The molecule has 0 aromatic carbocycles. The van der Waals surface area contributed by atoms with E-state index in [1.54, 1.807) is 26.2 Å². The third-order valence-corrected chi connectivity index (χ3v) is 3.71. The summed E-state index contributed by atoms with van der Waals surface area (Å²) in [6, 6.07) is 6.67. The van der Waals surface area contributed by atoms with Gasteiger partial charge in [-0.1, -0.05) is 37.0 Å². The Balaban J connectivity index is 0. The topological polar surface area (TPSA) is 150 Å². The molecule has 10 nitrogen and oxygen atoms in total. The molecule has 14 heteroatoms. The molecule has 0 atom stereocenters. The fourth-order valence-electron chi connectivity index (χ4n) is 2.01. The van der Waals surface area contributed by atoms with E-state index in [1.807, 2.05) is 6.07 Å². The van der Waals surface area contributed by atoms with Crippen LogP contribution in [0.15, 0.2) is 33.6 Å². The number of carbonyl (C=O) groups is 1. The van der Waals surface area contributed by atoms with Crippen LogP contribution in [0, 0.1) is 0 Å². The van der Waals surface area contributed by atoms with E-state index in [1.165, 1.54) is 13.2 Å². The molecule has 1 aliphatic heterocycles. The van der Waals surface area contributed by atoms with Gasteiger partial charge in [0, 0.05) is 21.0 Å². The van der Waals surface area contributed by atoms with Crippen LogP contribution in [0.1, 0.15) is 31.1 Å². The van der Waals surface area contributed by atoms with Gasteiger partial charge in [-0.3, -0.25) is 9.79 Å². The van der Waals surface area contributed by atoms with E-state index in [-0.39, 0.29) is 5.88 Å². The number of aldehydes is 1. The standard InChI is InChI=1S/C9H10ClN3O.C7H6ClNO2.C2H8N2.C2H6.BHNS/c1-14-9-6(2-3-7(10)13-9)8-11-4-5-12-8;1-11-7-5(4-10)2-3-6(8)9-7;3-1-2-4;1-2;1-2-3/h2-3H,4-5H2,1H3,(H,11,12);2-4H,1H3;1-4H2;1-2H3;3H/i;;;1D;. The van der Waals surface area contributed by atoms with E-state index < -0.39 is 0 Å². The molecule has 34 heavy (non-hydrogen) atoms. The van der Waals surface area contributed by atoms with Crippen molar-refractivity contribution >= 4 is 55.8 Å². The molecule has 0 aliphatic carbocycles. The number of amidine groups is 1. The quantitative estimate of drug-likeness (QED) is 0.199. The molecule has 3 rings (SSSR count). The molecule has 0 bridgehead atoms. The summed E-state index contributed by atoms with van der Waals surface area (Å²) in [4.78, 5) is 22.5. The van der Waals surface area contributed by atoms with Crippen LogP contribution in [0.3, 0.4) is 0 Å². The first-order valence-corrected chi connectivity index (χ1v) is 10.9. The third-order valence-electron chi connectivity index (χ3n) is 3.29. The van der Waals surface area contributed by atoms with E-state index >= 15 is 0 Å². The number of pyridine rings is 2. The molecule has 1 aliphatic rings. The number of methoxy groups -OCH3 is 2. The van der Waals surface area contributed by atoms with Gasteiger partial charge in [-0.15, -0.1) is 0 Å². The van der Waals surface area contributed by atoms with Gasteiger partial charge in [0.2, 0.25) is 11.8 Å². The molecule has 0 spiro atoms. The Morgan fingerprint density at radius 2 is 1.68 bits per heavy atom. The third kappa shape index (κ3) is 14.1. The van der Waals surface area contributed by atoms with Crippen molar-refractivity contribution < 1.29 is 15.6 Å². The number of thiol groups is 1. The molecule has 1 radical (unpaired) electrons. The number of ether oxygens (including phenoxy) is 2. The fourth-order valence-corrected chi connectivity index (χ4v) is 2.29. The van der Waals surface area contributed by atoms with E-state index in [2.05, 4.69) is 45.0 Å². The maximum atomic E-state index is 10.3. The normalized spacial score (nSPS) is 10.9. The molecule has 0 unspecified atom stereocenters. The Labute approximate surface area is 218 Å². The number of nitrogens with two attached hydrogens (primary N) is 2. The molecule has 0 saturated heterocycles. The Morgan fingerprint density at radius 3 is 2.09 bits per heavy atom. The van der Waals surface area contributed by atoms with Crippen molar-refractivity contribution in [3.63, 3.8) is 0 Å². The number of nitrogens with zero attached hydrogens (tertiary/aromatic N) is 4. The molecule has 2 aromatic heterocycles. The van der Waals surface area contributed by atoms with Gasteiger partial charge in [0.15, 0.2) is 6.29 Å². The van der Waals surface area contributed by atoms with E-state index in [9.17, 15) is 4.79 Å². The molecular weight excluding hydrogens is 500 g/mol. The van der Waals surface area contributed by atoms with Crippen molar-refractivity contribution in [1.29, 1.82) is 0 Å². The van der Waals surface area contributed by atoms with Crippen molar-refractivity contribution in [3.05, 3.63) is 45.7 Å². The number of rotatable bonds is 5. The molecule has 0 saturated carbocycles. The second-order valence-corrected chi connectivity index (χ2v) is 6.40. The van der Waals surface area contributed by atoms with Crippen molar-refractivity contribution in [3.8, 4) is 11.8 Å². The van der Waals surface area contributed by atoms with E-state index in [0.29, 0.717) is 48.0 Å². The van der Waals surface area contributed by atoms with Crippen LogP contribution in [-0.2, 0) is 0 Å². The predicted molar refractivity (Wildman–Crippen MR) is 143 cm³/mol. The number of aromatic nitrogens is 2. The van der Waals surface area contributed by atoms with Gasteiger partial charge in [0.1, 0.15) is 16.1 Å². The van der Waals surface area contributed by atoms with Crippen LogP contribution < -0.4 is 26.3 Å². The van der Waals surface area contributed by atoms with Crippen LogP contribution in [-0.4, -0.2) is 70.1 Å². The molecule has 3 heterocycles. The summed E-state index contributed by atoms with van der Waals surface area (Å²) in [6.07, 6.45) is 0.669. The summed E-state index contributed by atoms with van der Waals surface area (Å²) in [7, 11) is 7.34. The average Bonchev–Trinajstić information content (AvgIpc) is 3.40. The second kappa shape index (κ2) is 22.5. The van der Waals surface area contributed by atoms with Gasteiger partial charge in [-0.05, 0) is 24.3 Å². The molecule has 2 aromatic rings. The van der Waals surface area contributed by atoms with Crippen molar-refractivity contribution in [2.45, 2.75) is 13.8 Å². The van der Waals surface area contributed by atoms with Gasteiger partial charge in [0.25, 0.3) is 0 Å². The molecular formula is C20H31BCl2N7O3S. The fraction of sp³-hybridized carbons (Fsp3) is 0.400. The first-order valence-electron chi connectivity index (χ1n) is 10.4. The van der Waals surface area contributed by atoms with Gasteiger partial charge in [-0.2, -0.15) is 0 Å². The zero-order valence-electron chi connectivity index (χ0n) is 20.4. The predicted octanol–water partition coefficient (Wildman–Crippen LogP) is 2.76. The first-order chi connectivity index (χ1) is 16.8. The van der Waals surface area contributed by atoms with Gasteiger partial charge < -0.3 is 26.3 Å². The molecule has 0 amide bonds. The van der Waals surface area contributed by atoms with Crippen molar-refractivity contribution in [1.82, 2.24) is 15.3 Å². The summed E-state index contributed by atoms with van der Waals surface area (Å²) in [5.41, 5.74) is 11.1. The molecule has 5 N–H and O–H groups in total. The summed E-state index contributed by atoms with van der Waals surface area (Å²) in [5.74, 6) is 1.59. The summed E-state index contributed by atoms with van der Waals surface area (Å²) in [6.45, 7) is 5.14. The Kier molecular flexibility index (Phi) is 21.1. The van der Waals surface area contributed by atoms with Gasteiger partial charge in [0.05, 0.1) is 31.9 Å². The first kappa shape index (κ1) is 31.8. The number of nitrogens with one attached hydrogen (secondary N) is 1. The van der Waals surface area contributed by atoms with E-state index in [0.717, 1.165) is 24.5 Å². The van der Waals surface area contributed by atoms with Crippen molar-refractivity contribution in [2.75, 3.05) is 40.4 Å². The van der Waals surface area contributed by atoms with Crippen LogP contribution in [0.25, 0.3) is 0 Å². The Bertz CT molecular complexity index is 900. The molecule has 187 valence electrons. The Morgan fingerprint density at radius 1 is 1.18 bits per heavy atom. The Hall–Kier alpha value is -2.25. The van der Waals surface area contributed by atoms with Crippen LogP contribution in [0.2, 0.25) is 10.3 Å². The van der Waals surface area contributed by atoms with Crippen LogP contribution >= 0.6 is 36.0 Å². The number of hydrogen-bond donors (Lipinski definition) is 4. The number of aliphatic imine (C=N–C) groups is 1. The minimum atomic E-state index is 0.257.